The summed E-state index contributed by atoms with van der Waals surface area (Å²) in [6.07, 6.45) is 0. The minimum atomic E-state index is -0.545. The summed E-state index contributed by atoms with van der Waals surface area (Å²) in [7, 11) is 0. The molecule has 0 bridgehead atoms. The van der Waals surface area contributed by atoms with Crippen LogP contribution in [0.1, 0.15) is 5.56 Å². The molecule has 0 aliphatic carbocycles. The van der Waals surface area contributed by atoms with Crippen LogP contribution in [0.3, 0.4) is 0 Å². The van der Waals surface area contributed by atoms with Gasteiger partial charge in [0.05, 0.1) is 16.3 Å². The van der Waals surface area contributed by atoms with Crippen molar-refractivity contribution in [2.24, 2.45) is 0 Å². The van der Waals surface area contributed by atoms with Gasteiger partial charge >= 0.3 is 0 Å². The van der Waals surface area contributed by atoms with Gasteiger partial charge in [0.15, 0.2) is 0 Å². The number of rotatable bonds is 5. The number of aryl methyl sites for hydroxylation is 1. The van der Waals surface area contributed by atoms with Crippen molar-refractivity contribution in [3.05, 3.63) is 85.7 Å². The Kier molecular flexibility index (Phi) is 5.51. The highest BCUT2D eigenvalue weighted by molar-refractivity contribution is 6.30. The molecule has 3 rings (SSSR count). The Morgan fingerprint density at radius 2 is 1.89 bits per heavy atom. The molecule has 0 aliphatic rings. The van der Waals surface area contributed by atoms with Gasteiger partial charge in [-0.1, -0.05) is 29.8 Å². The lowest BCUT2D eigenvalue weighted by molar-refractivity contribution is -0.384. The standard InChI is InChI=1S/C19H15ClN4O4/c1-12-2-7-15(24(27)28)10-17(12)21-18(25)11-23-19(26)9-8-16(22-23)13-3-5-14(20)6-4-13/h2-10H,11H2,1H3,(H,21,25). The quantitative estimate of drug-likeness (QED) is 0.523. The van der Waals surface area contributed by atoms with Crippen LogP contribution in [-0.2, 0) is 11.3 Å². The third-order valence-corrected chi connectivity index (χ3v) is 4.26. The van der Waals surface area contributed by atoms with E-state index in [4.69, 9.17) is 11.6 Å². The van der Waals surface area contributed by atoms with Gasteiger partial charge in [-0.05, 0) is 30.7 Å². The first-order valence-electron chi connectivity index (χ1n) is 8.22. The first-order valence-corrected chi connectivity index (χ1v) is 8.60. The predicted molar refractivity (Wildman–Crippen MR) is 105 cm³/mol. The van der Waals surface area contributed by atoms with E-state index in [9.17, 15) is 19.7 Å². The number of carbonyl (C=O) groups is 1. The van der Waals surface area contributed by atoms with Crippen LogP contribution in [0, 0.1) is 17.0 Å². The monoisotopic (exact) mass is 398 g/mol. The highest BCUT2D eigenvalue weighted by Crippen LogP contribution is 2.22. The Balaban J connectivity index is 1.82. The lowest BCUT2D eigenvalue weighted by Gasteiger charge is -2.10. The smallest absolute Gasteiger partial charge is 0.271 e. The van der Waals surface area contributed by atoms with Crippen LogP contribution in [0.2, 0.25) is 5.02 Å². The van der Waals surface area contributed by atoms with Gasteiger partial charge in [-0.3, -0.25) is 19.7 Å². The molecule has 1 aromatic heterocycles. The SMILES string of the molecule is Cc1ccc([N+](=O)[O-])cc1NC(=O)Cn1nc(-c2ccc(Cl)cc2)ccc1=O. The minimum absolute atomic E-state index is 0.138. The van der Waals surface area contributed by atoms with E-state index < -0.39 is 16.4 Å². The molecule has 0 radical (unpaired) electrons. The zero-order valence-electron chi connectivity index (χ0n) is 14.8. The second-order valence-electron chi connectivity index (χ2n) is 6.03. The van der Waals surface area contributed by atoms with Gasteiger partial charge in [0.1, 0.15) is 6.54 Å². The molecule has 0 spiro atoms. The number of hydrogen-bond acceptors (Lipinski definition) is 5. The van der Waals surface area contributed by atoms with Gasteiger partial charge < -0.3 is 5.32 Å². The van der Waals surface area contributed by atoms with E-state index in [1.54, 1.807) is 43.3 Å². The van der Waals surface area contributed by atoms with Crippen molar-refractivity contribution in [2.45, 2.75) is 13.5 Å². The fraction of sp³-hybridized carbons (Fsp3) is 0.105. The van der Waals surface area contributed by atoms with E-state index in [0.29, 0.717) is 22.0 Å². The van der Waals surface area contributed by atoms with E-state index in [-0.39, 0.29) is 12.2 Å². The summed E-state index contributed by atoms with van der Waals surface area (Å²) in [5, 5.41) is 18.3. The van der Waals surface area contributed by atoms with E-state index in [2.05, 4.69) is 10.4 Å². The number of carbonyl (C=O) groups excluding carboxylic acids is 1. The Morgan fingerprint density at radius 3 is 2.57 bits per heavy atom. The van der Waals surface area contributed by atoms with Gasteiger partial charge in [-0.15, -0.1) is 0 Å². The number of hydrogen-bond donors (Lipinski definition) is 1. The molecule has 1 heterocycles. The molecule has 0 saturated carbocycles. The van der Waals surface area contributed by atoms with Crippen molar-refractivity contribution in [1.82, 2.24) is 9.78 Å². The molecule has 0 fully saturated rings. The Labute approximate surface area is 164 Å². The number of benzene rings is 2. The minimum Gasteiger partial charge on any atom is -0.324 e. The third kappa shape index (κ3) is 4.41. The molecule has 2 aromatic carbocycles. The summed E-state index contributed by atoms with van der Waals surface area (Å²) < 4.78 is 1.03. The molecule has 1 N–H and O–H groups in total. The molecular formula is C19H15ClN4O4. The van der Waals surface area contributed by atoms with Crippen molar-refractivity contribution < 1.29 is 9.72 Å². The predicted octanol–water partition coefficient (Wildman–Crippen LogP) is 3.42. The van der Waals surface area contributed by atoms with Crippen LogP contribution in [0.15, 0.2) is 59.4 Å². The zero-order chi connectivity index (χ0) is 20.3. The van der Waals surface area contributed by atoms with Gasteiger partial charge in [0, 0.05) is 28.8 Å². The molecule has 9 heteroatoms. The molecule has 0 saturated heterocycles. The lowest BCUT2D eigenvalue weighted by Crippen LogP contribution is -2.29. The maximum Gasteiger partial charge on any atom is 0.271 e. The number of nitro benzene ring substituents is 1. The molecule has 1 amide bonds. The summed E-state index contributed by atoms with van der Waals surface area (Å²) in [5.74, 6) is -0.522. The molecule has 0 unspecified atom stereocenters. The second kappa shape index (κ2) is 8.01. The van der Waals surface area contributed by atoms with Crippen LogP contribution in [-0.4, -0.2) is 20.6 Å². The van der Waals surface area contributed by atoms with Gasteiger partial charge in [0.25, 0.3) is 11.2 Å². The number of non-ortho nitro benzene ring substituents is 1. The maximum atomic E-state index is 12.4. The molecular weight excluding hydrogens is 384 g/mol. The van der Waals surface area contributed by atoms with Crippen LogP contribution < -0.4 is 10.9 Å². The second-order valence-corrected chi connectivity index (χ2v) is 6.46. The van der Waals surface area contributed by atoms with E-state index in [0.717, 1.165) is 10.2 Å². The van der Waals surface area contributed by atoms with Gasteiger partial charge in [-0.25, -0.2) is 4.68 Å². The average Bonchev–Trinajstić information content (AvgIpc) is 2.66. The Hall–Kier alpha value is -3.52. The third-order valence-electron chi connectivity index (χ3n) is 4.01. The number of nitrogens with zero attached hydrogens (tertiary/aromatic N) is 3. The first kappa shape index (κ1) is 19.2. The summed E-state index contributed by atoms with van der Waals surface area (Å²) >= 11 is 5.87. The summed E-state index contributed by atoms with van der Waals surface area (Å²) in [5.41, 5.74) is 1.64. The molecule has 0 aliphatic heterocycles. The molecule has 0 atom stereocenters. The summed E-state index contributed by atoms with van der Waals surface area (Å²) in [6, 6.07) is 14.0. The Morgan fingerprint density at radius 1 is 1.18 bits per heavy atom. The van der Waals surface area contributed by atoms with E-state index in [1.807, 2.05) is 0 Å². The number of nitro groups is 1. The molecule has 28 heavy (non-hydrogen) atoms. The van der Waals surface area contributed by atoms with Crippen LogP contribution in [0.4, 0.5) is 11.4 Å². The topological polar surface area (TPSA) is 107 Å². The highest BCUT2D eigenvalue weighted by atomic mass is 35.5. The summed E-state index contributed by atoms with van der Waals surface area (Å²) in [4.78, 5) is 34.8. The van der Waals surface area contributed by atoms with Crippen LogP contribution >= 0.6 is 11.6 Å². The van der Waals surface area contributed by atoms with Crippen molar-refractivity contribution in [1.29, 1.82) is 0 Å². The van der Waals surface area contributed by atoms with E-state index >= 15 is 0 Å². The van der Waals surface area contributed by atoms with E-state index in [1.165, 1.54) is 18.2 Å². The number of anilines is 1. The number of aromatic nitrogens is 2. The molecule has 8 nitrogen and oxygen atoms in total. The summed E-state index contributed by atoms with van der Waals surface area (Å²) in [6.45, 7) is 1.38. The fourth-order valence-electron chi connectivity index (χ4n) is 2.52. The van der Waals surface area contributed by atoms with Crippen LogP contribution in [0.25, 0.3) is 11.3 Å². The lowest BCUT2D eigenvalue weighted by atomic mass is 10.1. The van der Waals surface area contributed by atoms with Crippen molar-refractivity contribution in [2.75, 3.05) is 5.32 Å². The number of halogens is 1. The molecule has 3 aromatic rings. The molecule has 142 valence electrons. The average molecular weight is 399 g/mol. The van der Waals surface area contributed by atoms with Gasteiger partial charge in [-0.2, -0.15) is 5.10 Å². The zero-order valence-corrected chi connectivity index (χ0v) is 15.5. The fourth-order valence-corrected chi connectivity index (χ4v) is 2.65. The van der Waals surface area contributed by atoms with Crippen LogP contribution in [0.5, 0.6) is 0 Å². The van der Waals surface area contributed by atoms with Gasteiger partial charge in [0.2, 0.25) is 5.91 Å². The highest BCUT2D eigenvalue weighted by Gasteiger charge is 2.13. The number of nitrogens with one attached hydrogen (secondary N) is 1. The van der Waals surface area contributed by atoms with Crippen molar-refractivity contribution in [3.63, 3.8) is 0 Å². The van der Waals surface area contributed by atoms with Crippen molar-refractivity contribution >= 4 is 28.9 Å². The normalized spacial score (nSPS) is 10.5. The largest absolute Gasteiger partial charge is 0.324 e. The maximum absolute atomic E-state index is 12.4. The Bertz CT molecular complexity index is 1110. The first-order chi connectivity index (χ1) is 13.3. The number of amides is 1. The van der Waals surface area contributed by atoms with Crippen molar-refractivity contribution in [3.8, 4) is 11.3 Å².